The summed E-state index contributed by atoms with van der Waals surface area (Å²) >= 11 is 0. The van der Waals surface area contributed by atoms with Crippen molar-refractivity contribution >= 4 is 22.9 Å². The van der Waals surface area contributed by atoms with Crippen molar-refractivity contribution in [2.24, 2.45) is 5.10 Å². The molecule has 3 aromatic carbocycles. The second kappa shape index (κ2) is 7.22. The van der Waals surface area contributed by atoms with Gasteiger partial charge in [0, 0.05) is 0 Å². The molecule has 0 saturated carbocycles. The number of carbonyl (C=O) groups excluding carboxylic acids is 1. The van der Waals surface area contributed by atoms with Gasteiger partial charge in [0.1, 0.15) is 5.75 Å². The summed E-state index contributed by atoms with van der Waals surface area (Å²) in [5, 5.41) is 6.26. The van der Waals surface area contributed by atoms with Gasteiger partial charge in [0.15, 0.2) is 6.61 Å². The molecule has 0 atom stereocenters. The van der Waals surface area contributed by atoms with Crippen LogP contribution in [0.15, 0.2) is 77.9 Å². The number of ether oxygens (including phenoxy) is 1. The van der Waals surface area contributed by atoms with Crippen LogP contribution in [0.25, 0.3) is 10.8 Å². The third-order valence-corrected chi connectivity index (χ3v) is 3.29. The summed E-state index contributed by atoms with van der Waals surface area (Å²) in [4.78, 5) is 11.7. The van der Waals surface area contributed by atoms with E-state index < -0.39 is 0 Å². The van der Waals surface area contributed by atoms with Crippen LogP contribution in [-0.2, 0) is 4.79 Å². The van der Waals surface area contributed by atoms with Gasteiger partial charge in [0.05, 0.1) is 6.21 Å². The van der Waals surface area contributed by atoms with Crippen molar-refractivity contribution in [1.82, 2.24) is 5.43 Å². The van der Waals surface area contributed by atoms with Crippen molar-refractivity contribution in [3.8, 4) is 5.75 Å². The zero-order valence-electron chi connectivity index (χ0n) is 12.5. The van der Waals surface area contributed by atoms with Crippen LogP contribution in [0.5, 0.6) is 5.75 Å². The van der Waals surface area contributed by atoms with E-state index in [0.29, 0.717) is 5.75 Å². The average molecular weight is 304 g/mol. The van der Waals surface area contributed by atoms with E-state index >= 15 is 0 Å². The summed E-state index contributed by atoms with van der Waals surface area (Å²) in [7, 11) is 0. The van der Waals surface area contributed by atoms with Gasteiger partial charge >= 0.3 is 0 Å². The highest BCUT2D eigenvalue weighted by Gasteiger charge is 2.00. The van der Waals surface area contributed by atoms with Crippen LogP contribution in [-0.4, -0.2) is 18.7 Å². The van der Waals surface area contributed by atoms with Gasteiger partial charge < -0.3 is 4.74 Å². The van der Waals surface area contributed by atoms with E-state index in [1.54, 1.807) is 18.3 Å². The van der Waals surface area contributed by atoms with Gasteiger partial charge in [-0.25, -0.2) is 5.43 Å². The van der Waals surface area contributed by atoms with E-state index in [2.05, 4.69) is 16.6 Å². The molecule has 4 heteroatoms. The highest BCUT2D eigenvalue weighted by atomic mass is 16.5. The topological polar surface area (TPSA) is 50.7 Å². The molecule has 0 saturated heterocycles. The summed E-state index contributed by atoms with van der Waals surface area (Å²) in [6, 6.07) is 23.3. The lowest BCUT2D eigenvalue weighted by molar-refractivity contribution is -0.123. The summed E-state index contributed by atoms with van der Waals surface area (Å²) < 4.78 is 5.34. The number of carbonyl (C=O) groups is 1. The first kappa shape index (κ1) is 14.8. The number of amides is 1. The Morgan fingerprint density at radius 2 is 1.70 bits per heavy atom. The Kier molecular flexibility index (Phi) is 4.64. The standard InChI is InChI=1S/C19H16N2O2/c22-19(14-23-18-8-2-1-3-9-18)21-20-13-15-10-11-16-6-4-5-7-17(16)12-15/h1-13H,14H2,(H,21,22). The second-order valence-corrected chi connectivity index (χ2v) is 5.00. The molecule has 0 aromatic heterocycles. The Balaban J connectivity index is 1.54. The highest BCUT2D eigenvalue weighted by molar-refractivity contribution is 5.90. The number of benzene rings is 3. The molecule has 0 bridgehead atoms. The fourth-order valence-electron chi connectivity index (χ4n) is 2.16. The minimum absolute atomic E-state index is 0.0704. The molecule has 0 unspecified atom stereocenters. The molecule has 0 heterocycles. The lowest BCUT2D eigenvalue weighted by atomic mass is 10.1. The minimum Gasteiger partial charge on any atom is -0.484 e. The van der Waals surface area contributed by atoms with Gasteiger partial charge in [-0.2, -0.15) is 5.10 Å². The Morgan fingerprint density at radius 1 is 0.957 bits per heavy atom. The third-order valence-electron chi connectivity index (χ3n) is 3.29. The first-order valence-corrected chi connectivity index (χ1v) is 7.30. The third kappa shape index (κ3) is 4.17. The molecular weight excluding hydrogens is 288 g/mol. The maximum atomic E-state index is 11.7. The zero-order valence-corrected chi connectivity index (χ0v) is 12.5. The predicted molar refractivity (Wildman–Crippen MR) is 91.6 cm³/mol. The Morgan fingerprint density at radius 3 is 2.52 bits per heavy atom. The van der Waals surface area contributed by atoms with Gasteiger partial charge in [0.2, 0.25) is 0 Å². The van der Waals surface area contributed by atoms with Crippen LogP contribution >= 0.6 is 0 Å². The van der Waals surface area contributed by atoms with E-state index in [4.69, 9.17) is 4.74 Å². The first-order chi connectivity index (χ1) is 11.3. The highest BCUT2D eigenvalue weighted by Crippen LogP contribution is 2.14. The lowest BCUT2D eigenvalue weighted by Gasteiger charge is -2.04. The van der Waals surface area contributed by atoms with Crippen LogP contribution in [0.2, 0.25) is 0 Å². The molecule has 0 radical (unpaired) electrons. The predicted octanol–water partition coefficient (Wildman–Crippen LogP) is 3.37. The average Bonchev–Trinajstić information content (AvgIpc) is 2.61. The van der Waals surface area contributed by atoms with Gasteiger partial charge in [-0.3, -0.25) is 4.79 Å². The van der Waals surface area contributed by atoms with Crippen LogP contribution in [0.4, 0.5) is 0 Å². The maximum Gasteiger partial charge on any atom is 0.277 e. The Hall–Kier alpha value is -3.14. The van der Waals surface area contributed by atoms with Crippen LogP contribution < -0.4 is 10.2 Å². The summed E-state index contributed by atoms with van der Waals surface area (Å²) in [6.07, 6.45) is 1.62. The quantitative estimate of drug-likeness (QED) is 0.580. The maximum absolute atomic E-state index is 11.7. The summed E-state index contributed by atoms with van der Waals surface area (Å²) in [6.45, 7) is -0.0704. The SMILES string of the molecule is O=C(COc1ccccc1)NN=Cc1ccc2ccccc2c1. The summed E-state index contributed by atoms with van der Waals surface area (Å²) in [5.41, 5.74) is 3.38. The van der Waals surface area contributed by atoms with Crippen LogP contribution in [0, 0.1) is 0 Å². The number of hydrogen-bond acceptors (Lipinski definition) is 3. The zero-order chi connectivity index (χ0) is 15.9. The van der Waals surface area contributed by atoms with Crippen molar-refractivity contribution in [3.63, 3.8) is 0 Å². The van der Waals surface area contributed by atoms with E-state index in [9.17, 15) is 4.79 Å². The number of para-hydroxylation sites is 1. The molecule has 3 rings (SSSR count). The molecule has 0 fully saturated rings. The summed E-state index contributed by atoms with van der Waals surface area (Å²) in [5.74, 6) is 0.354. The number of nitrogens with zero attached hydrogens (tertiary/aromatic N) is 1. The molecule has 0 aliphatic heterocycles. The van der Waals surface area contributed by atoms with Crippen molar-refractivity contribution in [3.05, 3.63) is 78.4 Å². The minimum atomic E-state index is -0.300. The normalized spacial score (nSPS) is 10.8. The number of nitrogens with one attached hydrogen (secondary N) is 1. The molecule has 1 N–H and O–H groups in total. The van der Waals surface area contributed by atoms with Crippen molar-refractivity contribution in [1.29, 1.82) is 0 Å². The van der Waals surface area contributed by atoms with Crippen molar-refractivity contribution in [2.45, 2.75) is 0 Å². The Labute approximate surface area is 134 Å². The molecule has 0 aliphatic rings. The molecular formula is C19H16N2O2. The molecule has 4 nitrogen and oxygen atoms in total. The first-order valence-electron chi connectivity index (χ1n) is 7.30. The molecule has 114 valence electrons. The number of rotatable bonds is 5. The molecule has 1 amide bonds. The smallest absolute Gasteiger partial charge is 0.277 e. The number of hydrogen-bond donors (Lipinski definition) is 1. The Bertz CT molecular complexity index is 829. The lowest BCUT2D eigenvalue weighted by Crippen LogP contribution is -2.24. The van der Waals surface area contributed by atoms with E-state index in [0.717, 1.165) is 10.9 Å². The van der Waals surface area contributed by atoms with Gasteiger partial charge in [-0.15, -0.1) is 0 Å². The van der Waals surface area contributed by atoms with E-state index in [-0.39, 0.29) is 12.5 Å². The van der Waals surface area contributed by atoms with Crippen molar-refractivity contribution < 1.29 is 9.53 Å². The van der Waals surface area contributed by atoms with Gasteiger partial charge in [-0.05, 0) is 34.5 Å². The van der Waals surface area contributed by atoms with E-state index in [1.807, 2.05) is 54.6 Å². The molecule has 0 spiro atoms. The fraction of sp³-hybridized carbons (Fsp3) is 0.0526. The largest absolute Gasteiger partial charge is 0.484 e. The molecule has 0 aliphatic carbocycles. The monoisotopic (exact) mass is 304 g/mol. The second-order valence-electron chi connectivity index (χ2n) is 5.00. The fourth-order valence-corrected chi connectivity index (χ4v) is 2.16. The van der Waals surface area contributed by atoms with Crippen LogP contribution in [0.1, 0.15) is 5.56 Å². The van der Waals surface area contributed by atoms with Crippen LogP contribution in [0.3, 0.4) is 0 Å². The number of hydrazone groups is 1. The van der Waals surface area contributed by atoms with Gasteiger partial charge in [-0.1, -0.05) is 54.6 Å². The van der Waals surface area contributed by atoms with Gasteiger partial charge in [0.25, 0.3) is 5.91 Å². The van der Waals surface area contributed by atoms with E-state index in [1.165, 1.54) is 5.39 Å². The molecule has 23 heavy (non-hydrogen) atoms. The number of fused-ring (bicyclic) bond motifs is 1. The molecule has 3 aromatic rings. The van der Waals surface area contributed by atoms with Crippen molar-refractivity contribution in [2.75, 3.05) is 6.61 Å².